The predicted octanol–water partition coefficient (Wildman–Crippen LogP) is 9.88. The molecule has 4 heteroatoms. The Labute approximate surface area is 270 Å². The molecule has 0 saturated heterocycles. The van der Waals surface area contributed by atoms with Crippen LogP contribution in [-0.2, 0) is 0 Å². The Morgan fingerprint density at radius 1 is 0.465 bits per heavy atom. The van der Waals surface area contributed by atoms with Crippen molar-refractivity contribution >= 4 is 0 Å². The molecule has 0 aliphatic heterocycles. The van der Waals surface area contributed by atoms with E-state index in [-0.39, 0.29) is 0 Å². The molecule has 256 valence electrons. The Bertz CT molecular complexity index is 590. The highest BCUT2D eigenvalue weighted by atomic mass is 14.9. The molecule has 2 fully saturated rings. The summed E-state index contributed by atoms with van der Waals surface area (Å²) in [4.78, 5) is 0. The topological polar surface area (TPSA) is 76.1 Å². The van der Waals surface area contributed by atoms with E-state index >= 15 is 0 Å². The maximum atomic E-state index is 5.92. The highest BCUT2D eigenvalue weighted by molar-refractivity contribution is 4.77. The molecule has 0 aromatic rings. The van der Waals surface area contributed by atoms with Crippen LogP contribution in [0.1, 0.15) is 187 Å². The van der Waals surface area contributed by atoms with Gasteiger partial charge in [0.1, 0.15) is 0 Å². The van der Waals surface area contributed by atoms with Gasteiger partial charge in [0.15, 0.2) is 0 Å². The van der Waals surface area contributed by atoms with Gasteiger partial charge in [0.05, 0.1) is 0 Å². The minimum absolute atomic E-state index is 0.837. The maximum absolute atomic E-state index is 5.92. The van der Waals surface area contributed by atoms with E-state index in [0.29, 0.717) is 0 Å². The van der Waals surface area contributed by atoms with Gasteiger partial charge in [-0.05, 0) is 101 Å². The van der Waals surface area contributed by atoms with Gasteiger partial charge in [0, 0.05) is 12.1 Å². The van der Waals surface area contributed by atoms with Crippen molar-refractivity contribution in [3.8, 4) is 0 Å². The maximum Gasteiger partial charge on any atom is 0.00670 e. The van der Waals surface area contributed by atoms with Crippen molar-refractivity contribution in [3.63, 3.8) is 0 Å². The summed E-state index contributed by atoms with van der Waals surface area (Å²) in [5, 5.41) is 7.57. The summed E-state index contributed by atoms with van der Waals surface area (Å²) in [5.41, 5.74) is 11.7. The van der Waals surface area contributed by atoms with E-state index in [9.17, 15) is 0 Å². The summed E-state index contributed by atoms with van der Waals surface area (Å²) in [7, 11) is 0. The molecular weight excluding hydrogens is 524 g/mol. The second kappa shape index (κ2) is 27.0. The van der Waals surface area contributed by atoms with Crippen LogP contribution in [0.4, 0.5) is 0 Å². The number of nitrogens with one attached hydrogen (secondary N) is 2. The summed E-state index contributed by atoms with van der Waals surface area (Å²) >= 11 is 0. The van der Waals surface area contributed by atoms with Crippen LogP contribution in [0, 0.1) is 23.7 Å². The van der Waals surface area contributed by atoms with Crippen LogP contribution < -0.4 is 22.1 Å². The molecule has 2 aliphatic carbocycles. The number of nitrogens with two attached hydrogens (primary N) is 2. The minimum atomic E-state index is 0.837. The van der Waals surface area contributed by atoms with Crippen molar-refractivity contribution < 1.29 is 0 Å². The summed E-state index contributed by atoms with van der Waals surface area (Å²) in [6.07, 6.45) is 37.8. The van der Waals surface area contributed by atoms with E-state index in [4.69, 9.17) is 11.5 Å². The van der Waals surface area contributed by atoms with Crippen molar-refractivity contribution in [2.45, 2.75) is 199 Å². The molecule has 4 nitrogen and oxygen atoms in total. The number of hydrogen-bond acceptors (Lipinski definition) is 4. The van der Waals surface area contributed by atoms with Crippen molar-refractivity contribution in [1.82, 2.24) is 10.6 Å². The predicted molar refractivity (Wildman–Crippen MR) is 192 cm³/mol. The highest BCUT2D eigenvalue weighted by Gasteiger charge is 2.19. The summed E-state index contributed by atoms with van der Waals surface area (Å²) in [6, 6.07) is 1.68. The molecule has 4 unspecified atom stereocenters. The largest absolute Gasteiger partial charge is 0.330 e. The zero-order chi connectivity index (χ0) is 30.8. The molecule has 0 radical (unpaired) electrons. The molecule has 0 aromatic carbocycles. The molecule has 0 amide bonds. The fourth-order valence-corrected chi connectivity index (χ4v) is 7.78. The number of rotatable bonds is 32. The Balaban J connectivity index is 1.80. The van der Waals surface area contributed by atoms with E-state index in [1.54, 1.807) is 0 Å². The van der Waals surface area contributed by atoms with Gasteiger partial charge < -0.3 is 22.1 Å². The second-order valence-electron chi connectivity index (χ2n) is 15.1. The van der Waals surface area contributed by atoms with Crippen LogP contribution in [-0.4, -0.2) is 38.3 Å². The first-order valence-electron chi connectivity index (χ1n) is 20.0. The smallest absolute Gasteiger partial charge is 0.00670 e. The Morgan fingerprint density at radius 2 is 0.837 bits per heavy atom. The summed E-state index contributed by atoms with van der Waals surface area (Å²) in [5.74, 6) is 3.70. The van der Waals surface area contributed by atoms with Gasteiger partial charge in [-0.1, -0.05) is 136 Å². The lowest BCUT2D eigenvalue weighted by atomic mass is 9.81. The average molecular weight is 605 g/mol. The van der Waals surface area contributed by atoms with Gasteiger partial charge in [-0.15, -0.1) is 0 Å². The van der Waals surface area contributed by atoms with Crippen molar-refractivity contribution in [2.24, 2.45) is 35.1 Å². The van der Waals surface area contributed by atoms with E-state index < -0.39 is 0 Å². The molecule has 0 aromatic heterocycles. The van der Waals surface area contributed by atoms with Gasteiger partial charge in [0.2, 0.25) is 0 Å². The van der Waals surface area contributed by atoms with Crippen LogP contribution in [0.5, 0.6) is 0 Å². The van der Waals surface area contributed by atoms with Crippen LogP contribution >= 0.6 is 0 Å². The minimum Gasteiger partial charge on any atom is -0.330 e. The molecule has 0 bridgehead atoms. The Morgan fingerprint density at radius 3 is 1.19 bits per heavy atom. The van der Waals surface area contributed by atoms with E-state index in [1.165, 1.54) is 186 Å². The van der Waals surface area contributed by atoms with Gasteiger partial charge in [-0.3, -0.25) is 0 Å². The number of unbranched alkanes of at least 4 members (excludes halogenated alkanes) is 4. The molecule has 2 saturated carbocycles. The molecule has 0 spiro atoms. The van der Waals surface area contributed by atoms with E-state index in [0.717, 1.165) is 48.8 Å². The fourth-order valence-electron chi connectivity index (χ4n) is 7.78. The zero-order valence-electron chi connectivity index (χ0n) is 29.5. The van der Waals surface area contributed by atoms with Crippen molar-refractivity contribution in [2.75, 3.05) is 26.2 Å². The van der Waals surface area contributed by atoms with E-state index in [2.05, 4.69) is 24.5 Å². The second-order valence-corrected chi connectivity index (χ2v) is 15.1. The van der Waals surface area contributed by atoms with Crippen molar-refractivity contribution in [1.29, 1.82) is 0 Å². The summed E-state index contributed by atoms with van der Waals surface area (Å²) in [6.45, 7) is 9.03. The lowest BCUT2D eigenvalue weighted by molar-refractivity contribution is 0.275. The normalized spacial score (nSPS) is 18.7. The first kappa shape index (κ1) is 39.0. The first-order chi connectivity index (χ1) is 21.2. The van der Waals surface area contributed by atoms with Crippen LogP contribution in [0.25, 0.3) is 0 Å². The Hall–Kier alpha value is -0.160. The molecule has 6 N–H and O–H groups in total. The fraction of sp³-hybridized carbons (Fsp3) is 1.00. The highest BCUT2D eigenvalue weighted by Crippen LogP contribution is 2.32. The van der Waals surface area contributed by atoms with Gasteiger partial charge in [-0.2, -0.15) is 0 Å². The molecular formula is C39H80N4. The summed E-state index contributed by atoms with van der Waals surface area (Å²) < 4.78 is 0. The lowest BCUT2D eigenvalue weighted by Crippen LogP contribution is -2.35. The molecule has 2 aliphatic rings. The third kappa shape index (κ3) is 19.9. The standard InChI is InChI=1S/C39H80N4/c1-3-15-35(17-5-9-30-40)26-27-37(19-8-12-33-43-39-22-14-23-39)29-28-36(18-6-10-31-41)25-24-34(4-2)16-7-11-32-42-38-20-13-21-38/h34-39,42-43H,3-33,40-41H2,1-2H3. The Kier molecular flexibility index (Phi) is 24.5. The third-order valence-corrected chi connectivity index (χ3v) is 11.5. The van der Waals surface area contributed by atoms with Crippen LogP contribution in [0.3, 0.4) is 0 Å². The van der Waals surface area contributed by atoms with Gasteiger partial charge in [-0.25, -0.2) is 0 Å². The molecule has 43 heavy (non-hydrogen) atoms. The van der Waals surface area contributed by atoms with Crippen LogP contribution in [0.15, 0.2) is 0 Å². The third-order valence-electron chi connectivity index (χ3n) is 11.5. The van der Waals surface area contributed by atoms with Gasteiger partial charge >= 0.3 is 0 Å². The lowest BCUT2D eigenvalue weighted by Gasteiger charge is -2.27. The average Bonchev–Trinajstić information content (AvgIpc) is 2.96. The quantitative estimate of drug-likeness (QED) is 0.0576. The molecule has 2 rings (SSSR count). The molecule has 4 atom stereocenters. The van der Waals surface area contributed by atoms with Crippen LogP contribution in [0.2, 0.25) is 0 Å². The molecule has 0 heterocycles. The zero-order valence-corrected chi connectivity index (χ0v) is 29.5. The monoisotopic (exact) mass is 605 g/mol. The van der Waals surface area contributed by atoms with Crippen molar-refractivity contribution in [3.05, 3.63) is 0 Å². The first-order valence-corrected chi connectivity index (χ1v) is 20.0. The number of hydrogen-bond donors (Lipinski definition) is 4. The SMILES string of the molecule is CCCC(CCCCN)CCC(CCCCNC1CCC1)CCC(CCCCN)CCC(CC)CCCCNC1CCC1. The van der Waals surface area contributed by atoms with E-state index in [1.807, 2.05) is 0 Å². The van der Waals surface area contributed by atoms with Gasteiger partial charge in [0.25, 0.3) is 0 Å².